The highest BCUT2D eigenvalue weighted by Gasteiger charge is 2.20. The number of rotatable bonds is 4. The second kappa shape index (κ2) is 5.08. The summed E-state index contributed by atoms with van der Waals surface area (Å²) in [6.45, 7) is 7.77. The molecule has 0 unspecified atom stereocenters. The molecule has 4 heteroatoms. The first-order valence-corrected chi connectivity index (χ1v) is 6.16. The number of hydrogen-bond acceptors (Lipinski definition) is 2. The highest BCUT2D eigenvalue weighted by molar-refractivity contribution is 5.94. The van der Waals surface area contributed by atoms with Crippen molar-refractivity contribution in [3.8, 4) is 0 Å². The third kappa shape index (κ3) is 2.35. The van der Waals surface area contributed by atoms with Crippen molar-refractivity contribution in [3.05, 3.63) is 24.3 Å². The fourth-order valence-electron chi connectivity index (χ4n) is 2.15. The maximum atomic E-state index is 11.5. The lowest BCUT2D eigenvalue weighted by molar-refractivity contribution is 0.252. The number of urea groups is 1. The van der Waals surface area contributed by atoms with E-state index < -0.39 is 0 Å². The highest BCUT2D eigenvalue weighted by atomic mass is 16.2. The van der Waals surface area contributed by atoms with Crippen LogP contribution in [0.4, 0.5) is 16.2 Å². The van der Waals surface area contributed by atoms with Crippen molar-refractivity contribution in [2.75, 3.05) is 36.0 Å². The summed E-state index contributed by atoms with van der Waals surface area (Å²) in [7, 11) is 0. The van der Waals surface area contributed by atoms with Gasteiger partial charge in [0.1, 0.15) is 0 Å². The van der Waals surface area contributed by atoms with Crippen LogP contribution in [0.5, 0.6) is 0 Å². The van der Waals surface area contributed by atoms with E-state index in [0.29, 0.717) is 0 Å². The summed E-state index contributed by atoms with van der Waals surface area (Å²) >= 11 is 0. The van der Waals surface area contributed by atoms with Gasteiger partial charge in [-0.05, 0) is 38.1 Å². The van der Waals surface area contributed by atoms with E-state index in [-0.39, 0.29) is 6.03 Å². The number of carbonyl (C=O) groups is 1. The van der Waals surface area contributed by atoms with Gasteiger partial charge >= 0.3 is 6.03 Å². The molecule has 0 bridgehead atoms. The van der Waals surface area contributed by atoms with Crippen LogP contribution in [-0.2, 0) is 0 Å². The zero-order valence-corrected chi connectivity index (χ0v) is 10.4. The van der Waals surface area contributed by atoms with Crippen LogP contribution in [0.1, 0.15) is 13.8 Å². The minimum Gasteiger partial charge on any atom is -0.372 e. The lowest BCUT2D eigenvalue weighted by atomic mass is 10.2. The average molecular weight is 233 g/mol. The van der Waals surface area contributed by atoms with Crippen molar-refractivity contribution < 1.29 is 4.79 Å². The van der Waals surface area contributed by atoms with E-state index in [2.05, 4.69) is 36.2 Å². The topological polar surface area (TPSA) is 35.6 Å². The molecule has 0 radical (unpaired) electrons. The number of hydrogen-bond donors (Lipinski definition) is 1. The van der Waals surface area contributed by atoms with Crippen molar-refractivity contribution >= 4 is 17.4 Å². The molecule has 1 N–H and O–H groups in total. The number of nitrogens with one attached hydrogen (secondary N) is 1. The van der Waals surface area contributed by atoms with Crippen LogP contribution in [0.3, 0.4) is 0 Å². The molecule has 2 rings (SSSR count). The maximum absolute atomic E-state index is 11.5. The van der Waals surface area contributed by atoms with Crippen LogP contribution >= 0.6 is 0 Å². The Hall–Kier alpha value is -1.71. The van der Waals surface area contributed by atoms with Crippen molar-refractivity contribution in [2.24, 2.45) is 0 Å². The molecule has 0 spiro atoms. The third-order valence-corrected chi connectivity index (χ3v) is 3.15. The van der Waals surface area contributed by atoms with Crippen molar-refractivity contribution in [2.45, 2.75) is 13.8 Å². The Morgan fingerprint density at radius 2 is 1.88 bits per heavy atom. The van der Waals surface area contributed by atoms with Crippen LogP contribution in [0.25, 0.3) is 0 Å². The first-order chi connectivity index (χ1) is 8.26. The molecule has 1 saturated heterocycles. The zero-order chi connectivity index (χ0) is 12.3. The molecule has 1 aromatic rings. The number of benzene rings is 1. The van der Waals surface area contributed by atoms with Crippen molar-refractivity contribution in [3.63, 3.8) is 0 Å². The molecule has 4 nitrogen and oxygen atoms in total. The van der Waals surface area contributed by atoms with E-state index in [1.165, 1.54) is 5.69 Å². The van der Waals surface area contributed by atoms with Gasteiger partial charge in [0.25, 0.3) is 0 Å². The Morgan fingerprint density at radius 1 is 1.24 bits per heavy atom. The second-order valence-electron chi connectivity index (χ2n) is 4.07. The molecule has 1 aliphatic rings. The molecule has 17 heavy (non-hydrogen) atoms. The summed E-state index contributed by atoms with van der Waals surface area (Å²) in [4.78, 5) is 15.6. The fourth-order valence-corrected chi connectivity index (χ4v) is 2.15. The van der Waals surface area contributed by atoms with Gasteiger partial charge in [0.05, 0.1) is 0 Å². The molecule has 1 fully saturated rings. The van der Waals surface area contributed by atoms with Crippen LogP contribution in [0.15, 0.2) is 24.3 Å². The third-order valence-electron chi connectivity index (χ3n) is 3.15. The van der Waals surface area contributed by atoms with E-state index >= 15 is 0 Å². The number of carbonyl (C=O) groups excluding carboxylic acids is 1. The molecule has 92 valence electrons. The summed E-state index contributed by atoms with van der Waals surface area (Å²) < 4.78 is 0. The van der Waals surface area contributed by atoms with Crippen molar-refractivity contribution in [1.82, 2.24) is 5.32 Å². The first kappa shape index (κ1) is 11.8. The van der Waals surface area contributed by atoms with Gasteiger partial charge in [0.15, 0.2) is 0 Å². The predicted octanol–water partition coefficient (Wildman–Crippen LogP) is 2.06. The Balaban J connectivity index is 2.15. The van der Waals surface area contributed by atoms with E-state index in [4.69, 9.17) is 0 Å². The highest BCUT2D eigenvalue weighted by Crippen LogP contribution is 2.21. The second-order valence-corrected chi connectivity index (χ2v) is 4.07. The van der Waals surface area contributed by atoms with Crippen LogP contribution in [0.2, 0.25) is 0 Å². The van der Waals surface area contributed by atoms with Crippen LogP contribution in [-0.4, -0.2) is 32.2 Å². The predicted molar refractivity (Wildman–Crippen MR) is 70.7 cm³/mol. The quantitative estimate of drug-likeness (QED) is 0.864. The minimum atomic E-state index is 0.000546. The van der Waals surface area contributed by atoms with Gasteiger partial charge < -0.3 is 10.2 Å². The largest absolute Gasteiger partial charge is 0.372 e. The van der Waals surface area contributed by atoms with Crippen LogP contribution < -0.4 is 15.1 Å². The van der Waals surface area contributed by atoms with Gasteiger partial charge in [-0.3, -0.25) is 4.90 Å². The number of nitrogens with zero attached hydrogens (tertiary/aromatic N) is 2. The Bertz CT molecular complexity index is 384. The molecule has 0 saturated carbocycles. The maximum Gasteiger partial charge on any atom is 0.321 e. The molecular weight excluding hydrogens is 214 g/mol. The summed E-state index contributed by atoms with van der Waals surface area (Å²) in [5, 5.41) is 2.80. The van der Waals surface area contributed by atoms with Gasteiger partial charge in [-0.2, -0.15) is 0 Å². The summed E-state index contributed by atoms with van der Waals surface area (Å²) in [5.41, 5.74) is 2.18. The monoisotopic (exact) mass is 233 g/mol. The van der Waals surface area contributed by atoms with Gasteiger partial charge in [-0.25, -0.2) is 4.79 Å². The molecule has 2 amide bonds. The van der Waals surface area contributed by atoms with Gasteiger partial charge in [0, 0.05) is 37.6 Å². The SMILES string of the molecule is CCN(CC)c1ccc(N2CCNC2=O)cc1. The molecule has 0 aromatic heterocycles. The fraction of sp³-hybridized carbons (Fsp3) is 0.462. The smallest absolute Gasteiger partial charge is 0.321 e. The molecular formula is C13H19N3O. The molecule has 1 aliphatic heterocycles. The van der Waals surface area contributed by atoms with E-state index in [0.717, 1.165) is 31.9 Å². The van der Waals surface area contributed by atoms with Crippen molar-refractivity contribution in [1.29, 1.82) is 0 Å². The van der Waals surface area contributed by atoms with E-state index in [1.807, 2.05) is 12.1 Å². The summed E-state index contributed by atoms with van der Waals surface area (Å²) in [6.07, 6.45) is 0. The van der Waals surface area contributed by atoms with Gasteiger partial charge in [-0.1, -0.05) is 0 Å². The first-order valence-electron chi connectivity index (χ1n) is 6.16. The lowest BCUT2D eigenvalue weighted by Crippen LogP contribution is -2.27. The normalized spacial score (nSPS) is 14.9. The number of amides is 2. The average Bonchev–Trinajstić information content (AvgIpc) is 2.78. The molecule has 1 aromatic carbocycles. The van der Waals surface area contributed by atoms with Gasteiger partial charge in [0.2, 0.25) is 0 Å². The molecule has 1 heterocycles. The number of anilines is 2. The van der Waals surface area contributed by atoms with E-state index in [9.17, 15) is 4.79 Å². The minimum absolute atomic E-state index is 0.000546. The van der Waals surface area contributed by atoms with Crippen LogP contribution in [0, 0.1) is 0 Å². The zero-order valence-electron chi connectivity index (χ0n) is 10.4. The Labute approximate surface area is 102 Å². The summed E-state index contributed by atoms with van der Waals surface area (Å²) in [6, 6.07) is 8.18. The Morgan fingerprint density at radius 3 is 2.35 bits per heavy atom. The Kier molecular flexibility index (Phi) is 3.52. The van der Waals surface area contributed by atoms with E-state index in [1.54, 1.807) is 4.90 Å². The standard InChI is InChI=1S/C13H19N3O/c1-3-15(4-2)11-5-7-12(8-6-11)16-10-9-14-13(16)17/h5-8H,3-4,9-10H2,1-2H3,(H,14,17). The summed E-state index contributed by atoms with van der Waals surface area (Å²) in [5.74, 6) is 0. The molecule has 0 aliphatic carbocycles. The lowest BCUT2D eigenvalue weighted by Gasteiger charge is -2.22. The van der Waals surface area contributed by atoms with Gasteiger partial charge in [-0.15, -0.1) is 0 Å². The molecule has 0 atom stereocenters.